The zero-order valence-corrected chi connectivity index (χ0v) is 11.8. The van der Waals surface area contributed by atoms with Crippen LogP contribution in [0.15, 0.2) is 18.2 Å². The van der Waals surface area contributed by atoms with Crippen LogP contribution in [0.3, 0.4) is 0 Å². The molecule has 0 saturated carbocycles. The standard InChI is InChI=1S/C14H17ClN2O/c1-8(2)11-6-12(16-3)9-5-10(15)14(18-4)7-13(9)17-11/h5-8H,1-4H3,(H,16,17). The quantitative estimate of drug-likeness (QED) is 0.908. The average molecular weight is 265 g/mol. The lowest BCUT2D eigenvalue weighted by atomic mass is 10.1. The largest absolute Gasteiger partial charge is 0.495 e. The summed E-state index contributed by atoms with van der Waals surface area (Å²) in [6.07, 6.45) is 0. The van der Waals surface area contributed by atoms with Gasteiger partial charge in [0.25, 0.3) is 0 Å². The van der Waals surface area contributed by atoms with Gasteiger partial charge in [0, 0.05) is 29.9 Å². The van der Waals surface area contributed by atoms with Gasteiger partial charge in [0.15, 0.2) is 0 Å². The van der Waals surface area contributed by atoms with E-state index in [1.807, 2.05) is 19.2 Å². The summed E-state index contributed by atoms with van der Waals surface area (Å²) in [6, 6.07) is 5.83. The first-order valence-electron chi connectivity index (χ1n) is 5.92. The van der Waals surface area contributed by atoms with Gasteiger partial charge in [0.2, 0.25) is 0 Å². The Morgan fingerprint density at radius 3 is 2.56 bits per heavy atom. The molecule has 4 heteroatoms. The highest BCUT2D eigenvalue weighted by Gasteiger charge is 2.11. The average Bonchev–Trinajstić information content (AvgIpc) is 2.36. The molecule has 0 saturated heterocycles. The fourth-order valence-electron chi connectivity index (χ4n) is 1.91. The van der Waals surface area contributed by atoms with Crippen LogP contribution in [0.5, 0.6) is 5.75 Å². The summed E-state index contributed by atoms with van der Waals surface area (Å²) in [6.45, 7) is 4.25. The maximum Gasteiger partial charge on any atom is 0.139 e. The van der Waals surface area contributed by atoms with Gasteiger partial charge in [-0.25, -0.2) is 0 Å². The van der Waals surface area contributed by atoms with Gasteiger partial charge in [0.1, 0.15) is 5.75 Å². The van der Waals surface area contributed by atoms with E-state index in [0.717, 1.165) is 22.3 Å². The topological polar surface area (TPSA) is 34.2 Å². The van der Waals surface area contributed by atoms with Gasteiger partial charge in [-0.05, 0) is 18.1 Å². The number of pyridine rings is 1. The Kier molecular flexibility index (Phi) is 3.62. The molecule has 0 amide bonds. The molecule has 0 radical (unpaired) electrons. The van der Waals surface area contributed by atoms with Gasteiger partial charge in [-0.15, -0.1) is 0 Å². The molecule has 0 spiro atoms. The molecule has 2 rings (SSSR count). The molecule has 1 heterocycles. The van der Waals surface area contributed by atoms with Crippen LogP contribution in [-0.2, 0) is 0 Å². The van der Waals surface area contributed by atoms with E-state index in [2.05, 4.69) is 30.2 Å². The van der Waals surface area contributed by atoms with Gasteiger partial charge in [0.05, 0.1) is 17.6 Å². The molecule has 0 bridgehead atoms. The van der Waals surface area contributed by atoms with Crippen molar-refractivity contribution >= 4 is 28.2 Å². The molecule has 3 nitrogen and oxygen atoms in total. The predicted octanol–water partition coefficient (Wildman–Crippen LogP) is 4.06. The normalized spacial score (nSPS) is 11.0. The third kappa shape index (κ3) is 2.23. The van der Waals surface area contributed by atoms with Crippen LogP contribution in [0.25, 0.3) is 10.9 Å². The highest BCUT2D eigenvalue weighted by molar-refractivity contribution is 6.33. The third-order valence-electron chi connectivity index (χ3n) is 2.96. The Labute approximate surface area is 112 Å². The minimum Gasteiger partial charge on any atom is -0.495 e. The van der Waals surface area contributed by atoms with Crippen LogP contribution in [0.2, 0.25) is 5.02 Å². The van der Waals surface area contributed by atoms with Gasteiger partial charge in [-0.1, -0.05) is 25.4 Å². The van der Waals surface area contributed by atoms with Crippen LogP contribution in [0.1, 0.15) is 25.5 Å². The van der Waals surface area contributed by atoms with E-state index in [4.69, 9.17) is 16.3 Å². The van der Waals surface area contributed by atoms with Gasteiger partial charge < -0.3 is 10.1 Å². The Bertz CT molecular complexity index is 582. The summed E-state index contributed by atoms with van der Waals surface area (Å²) in [4.78, 5) is 4.65. The molecule has 0 fully saturated rings. The SMILES string of the molecule is CNc1cc(C(C)C)nc2cc(OC)c(Cl)cc12. The molecule has 0 aliphatic rings. The lowest BCUT2D eigenvalue weighted by Crippen LogP contribution is -1.98. The van der Waals surface area contributed by atoms with Gasteiger partial charge in [-0.3, -0.25) is 4.98 Å². The van der Waals surface area contributed by atoms with Crippen molar-refractivity contribution in [3.05, 3.63) is 28.9 Å². The minimum absolute atomic E-state index is 0.378. The fraction of sp³-hybridized carbons (Fsp3) is 0.357. The van der Waals surface area contributed by atoms with E-state index in [-0.39, 0.29) is 0 Å². The van der Waals surface area contributed by atoms with Crippen molar-refractivity contribution in [2.45, 2.75) is 19.8 Å². The van der Waals surface area contributed by atoms with Crippen molar-refractivity contribution in [1.29, 1.82) is 0 Å². The molecule has 2 aromatic rings. The number of anilines is 1. The summed E-state index contributed by atoms with van der Waals surface area (Å²) in [7, 11) is 3.51. The van der Waals surface area contributed by atoms with Crippen molar-refractivity contribution in [2.24, 2.45) is 0 Å². The molecule has 0 atom stereocenters. The van der Waals surface area contributed by atoms with Gasteiger partial charge in [-0.2, -0.15) is 0 Å². The number of hydrogen-bond acceptors (Lipinski definition) is 3. The lowest BCUT2D eigenvalue weighted by molar-refractivity contribution is 0.415. The number of nitrogens with one attached hydrogen (secondary N) is 1. The van der Waals surface area contributed by atoms with E-state index in [1.54, 1.807) is 7.11 Å². The molecule has 0 aliphatic carbocycles. The number of rotatable bonds is 3. The summed E-state index contributed by atoms with van der Waals surface area (Å²) < 4.78 is 5.23. The maximum atomic E-state index is 6.15. The maximum absolute atomic E-state index is 6.15. The fourth-order valence-corrected chi connectivity index (χ4v) is 2.15. The third-order valence-corrected chi connectivity index (χ3v) is 3.26. The Morgan fingerprint density at radius 2 is 2.00 bits per heavy atom. The monoisotopic (exact) mass is 264 g/mol. The van der Waals surface area contributed by atoms with Crippen molar-refractivity contribution in [3.63, 3.8) is 0 Å². The molecule has 1 N–H and O–H groups in total. The van der Waals surface area contributed by atoms with E-state index < -0.39 is 0 Å². The Balaban J connectivity index is 2.75. The first-order valence-corrected chi connectivity index (χ1v) is 6.30. The first-order chi connectivity index (χ1) is 8.56. The van der Waals surface area contributed by atoms with Crippen molar-refractivity contribution in [1.82, 2.24) is 4.98 Å². The highest BCUT2D eigenvalue weighted by Crippen LogP contribution is 2.33. The van der Waals surface area contributed by atoms with Crippen LogP contribution in [0, 0.1) is 0 Å². The van der Waals surface area contributed by atoms with Crippen molar-refractivity contribution < 1.29 is 4.74 Å². The number of benzene rings is 1. The van der Waals surface area contributed by atoms with Crippen molar-refractivity contribution in [2.75, 3.05) is 19.5 Å². The lowest BCUT2D eigenvalue weighted by Gasteiger charge is -2.13. The smallest absolute Gasteiger partial charge is 0.139 e. The number of halogens is 1. The summed E-state index contributed by atoms with van der Waals surface area (Å²) >= 11 is 6.15. The number of aromatic nitrogens is 1. The number of methoxy groups -OCH3 is 1. The summed E-state index contributed by atoms with van der Waals surface area (Å²) in [5.74, 6) is 1.03. The summed E-state index contributed by atoms with van der Waals surface area (Å²) in [5.41, 5.74) is 2.98. The Hall–Kier alpha value is -1.48. The molecule has 1 aromatic carbocycles. The van der Waals surface area contributed by atoms with Gasteiger partial charge >= 0.3 is 0 Å². The molecule has 18 heavy (non-hydrogen) atoms. The predicted molar refractivity (Wildman–Crippen MR) is 76.9 cm³/mol. The number of ether oxygens (including phenoxy) is 1. The number of hydrogen-bond donors (Lipinski definition) is 1. The number of fused-ring (bicyclic) bond motifs is 1. The first kappa shape index (κ1) is 13.0. The molecule has 0 unspecified atom stereocenters. The van der Waals surface area contributed by atoms with E-state index in [1.165, 1.54) is 0 Å². The van der Waals surface area contributed by atoms with E-state index in [9.17, 15) is 0 Å². The second-order valence-electron chi connectivity index (χ2n) is 4.50. The summed E-state index contributed by atoms with van der Waals surface area (Å²) in [5, 5.41) is 4.80. The second kappa shape index (κ2) is 5.02. The minimum atomic E-state index is 0.378. The van der Waals surface area contributed by atoms with E-state index >= 15 is 0 Å². The molecule has 1 aromatic heterocycles. The molecular formula is C14H17ClN2O. The zero-order chi connectivity index (χ0) is 13.3. The van der Waals surface area contributed by atoms with Crippen LogP contribution in [-0.4, -0.2) is 19.1 Å². The molecular weight excluding hydrogens is 248 g/mol. The second-order valence-corrected chi connectivity index (χ2v) is 4.91. The van der Waals surface area contributed by atoms with Crippen LogP contribution >= 0.6 is 11.6 Å². The number of nitrogens with zero attached hydrogens (tertiary/aromatic N) is 1. The Morgan fingerprint density at radius 1 is 1.28 bits per heavy atom. The highest BCUT2D eigenvalue weighted by atomic mass is 35.5. The van der Waals surface area contributed by atoms with Crippen LogP contribution in [0.4, 0.5) is 5.69 Å². The van der Waals surface area contributed by atoms with Crippen LogP contribution < -0.4 is 10.1 Å². The molecule has 0 aliphatic heterocycles. The zero-order valence-electron chi connectivity index (χ0n) is 11.0. The van der Waals surface area contributed by atoms with E-state index in [0.29, 0.717) is 16.7 Å². The molecule has 96 valence electrons. The van der Waals surface area contributed by atoms with Crippen molar-refractivity contribution in [3.8, 4) is 5.75 Å².